The molecule has 2 rings (SSSR count). The fourth-order valence-corrected chi connectivity index (χ4v) is 3.51. The minimum Gasteiger partial charge on any atom is -0.394 e. The summed E-state index contributed by atoms with van der Waals surface area (Å²) in [5.41, 5.74) is -0.107. The fraction of sp³-hybridized carbons (Fsp3) is 0.444. The average Bonchev–Trinajstić information content (AvgIpc) is 2.55. The van der Waals surface area contributed by atoms with Crippen LogP contribution in [0.25, 0.3) is 10.8 Å². The first-order chi connectivity index (χ1) is 10.2. The van der Waals surface area contributed by atoms with Crippen LogP contribution in [-0.4, -0.2) is 30.1 Å². The van der Waals surface area contributed by atoms with Gasteiger partial charge in [-0.25, -0.2) is 0 Å². The van der Waals surface area contributed by atoms with Crippen molar-refractivity contribution in [1.82, 2.24) is 5.32 Å². The topological polar surface area (TPSA) is 32.3 Å². The minimum atomic E-state index is -0.107. The maximum Gasteiger partial charge on any atom is 0.0613 e. The first-order valence-corrected chi connectivity index (χ1v) is 8.63. The van der Waals surface area contributed by atoms with Crippen molar-refractivity contribution >= 4 is 22.5 Å². The van der Waals surface area contributed by atoms with Crippen molar-refractivity contribution in [1.29, 1.82) is 0 Å². The van der Waals surface area contributed by atoms with Crippen LogP contribution in [0, 0.1) is 0 Å². The van der Waals surface area contributed by atoms with E-state index in [2.05, 4.69) is 54.7 Å². The van der Waals surface area contributed by atoms with E-state index in [0.717, 1.165) is 25.0 Å². The standard InChI is InChI=1S/C18H25NOS/c1-3-18(14-20,19-2)11-6-12-21-17-10-9-15-7-4-5-8-16(15)13-17/h4-5,7-10,13,19-20H,3,6,11-12,14H2,1-2H3. The Morgan fingerprint density at radius 1 is 1.14 bits per heavy atom. The predicted octanol–water partition coefficient (Wildman–Crippen LogP) is 4.07. The van der Waals surface area contributed by atoms with E-state index in [4.69, 9.17) is 0 Å². The molecule has 21 heavy (non-hydrogen) atoms. The Morgan fingerprint density at radius 2 is 1.90 bits per heavy atom. The molecule has 0 radical (unpaired) electrons. The Hall–Kier alpha value is -1.03. The van der Waals surface area contributed by atoms with Crippen molar-refractivity contribution in [2.24, 2.45) is 0 Å². The second-order valence-corrected chi connectivity index (χ2v) is 6.67. The Labute approximate surface area is 131 Å². The van der Waals surface area contributed by atoms with Gasteiger partial charge in [-0.3, -0.25) is 0 Å². The van der Waals surface area contributed by atoms with Crippen LogP contribution in [0.5, 0.6) is 0 Å². The zero-order valence-corrected chi connectivity index (χ0v) is 13.7. The molecule has 2 aromatic rings. The highest BCUT2D eigenvalue weighted by molar-refractivity contribution is 7.99. The molecule has 2 N–H and O–H groups in total. The number of nitrogens with one attached hydrogen (secondary N) is 1. The van der Waals surface area contributed by atoms with Gasteiger partial charge in [-0.1, -0.05) is 37.3 Å². The van der Waals surface area contributed by atoms with Gasteiger partial charge in [-0.15, -0.1) is 11.8 Å². The molecule has 0 fully saturated rings. The summed E-state index contributed by atoms with van der Waals surface area (Å²) >= 11 is 1.90. The number of rotatable bonds is 8. The fourth-order valence-electron chi connectivity index (χ4n) is 2.61. The summed E-state index contributed by atoms with van der Waals surface area (Å²) in [4.78, 5) is 1.32. The van der Waals surface area contributed by atoms with E-state index in [1.165, 1.54) is 15.7 Å². The first-order valence-electron chi connectivity index (χ1n) is 7.64. The van der Waals surface area contributed by atoms with E-state index in [1.54, 1.807) is 0 Å². The van der Waals surface area contributed by atoms with Crippen LogP contribution in [0.1, 0.15) is 26.2 Å². The number of aliphatic hydroxyl groups excluding tert-OH is 1. The monoisotopic (exact) mass is 303 g/mol. The molecule has 0 aliphatic heterocycles. The Kier molecular flexibility index (Phi) is 6.09. The van der Waals surface area contributed by atoms with Crippen LogP contribution in [0.2, 0.25) is 0 Å². The highest BCUT2D eigenvalue weighted by Crippen LogP contribution is 2.26. The van der Waals surface area contributed by atoms with Gasteiger partial charge in [0.05, 0.1) is 6.61 Å². The number of hydrogen-bond donors (Lipinski definition) is 2. The summed E-state index contributed by atoms with van der Waals surface area (Å²) in [7, 11) is 1.94. The molecule has 0 spiro atoms. The molecule has 2 aromatic carbocycles. The summed E-state index contributed by atoms with van der Waals surface area (Å²) in [5.74, 6) is 1.09. The number of likely N-dealkylation sites (N-methyl/N-ethyl adjacent to an activating group) is 1. The van der Waals surface area contributed by atoms with E-state index in [1.807, 2.05) is 18.8 Å². The molecule has 3 heteroatoms. The second kappa shape index (κ2) is 7.83. The van der Waals surface area contributed by atoms with Crippen molar-refractivity contribution in [3.63, 3.8) is 0 Å². The largest absolute Gasteiger partial charge is 0.394 e. The molecule has 0 saturated heterocycles. The lowest BCUT2D eigenvalue weighted by atomic mass is 9.92. The lowest BCUT2D eigenvalue weighted by Gasteiger charge is -2.30. The predicted molar refractivity (Wildman–Crippen MR) is 93.1 cm³/mol. The molecule has 1 atom stereocenters. The number of hydrogen-bond acceptors (Lipinski definition) is 3. The normalized spacial score (nSPS) is 14.2. The van der Waals surface area contributed by atoms with E-state index in [9.17, 15) is 5.11 Å². The number of benzene rings is 2. The molecule has 0 aliphatic carbocycles. The quantitative estimate of drug-likeness (QED) is 0.569. The van der Waals surface area contributed by atoms with E-state index in [-0.39, 0.29) is 12.1 Å². The lowest BCUT2D eigenvalue weighted by Crippen LogP contribution is -2.45. The summed E-state index contributed by atoms with van der Waals surface area (Å²) in [6.45, 7) is 2.34. The lowest BCUT2D eigenvalue weighted by molar-refractivity contribution is 0.154. The molecule has 0 heterocycles. The van der Waals surface area contributed by atoms with E-state index >= 15 is 0 Å². The van der Waals surface area contributed by atoms with Gasteiger partial charge < -0.3 is 10.4 Å². The molecule has 0 aliphatic rings. The average molecular weight is 303 g/mol. The van der Waals surface area contributed by atoms with Gasteiger partial charge in [-0.2, -0.15) is 0 Å². The van der Waals surface area contributed by atoms with E-state index in [0.29, 0.717) is 0 Å². The number of aliphatic hydroxyl groups is 1. The summed E-state index contributed by atoms with van der Waals surface area (Å²) in [5, 5.41) is 15.4. The third-order valence-electron chi connectivity index (χ3n) is 4.30. The minimum absolute atomic E-state index is 0.107. The van der Waals surface area contributed by atoms with Gasteiger partial charge in [0.25, 0.3) is 0 Å². The maximum atomic E-state index is 9.54. The van der Waals surface area contributed by atoms with Gasteiger partial charge in [-0.05, 0) is 55.0 Å². The van der Waals surface area contributed by atoms with Gasteiger partial charge in [0, 0.05) is 10.4 Å². The zero-order valence-electron chi connectivity index (χ0n) is 12.9. The molecule has 1 unspecified atom stereocenters. The van der Waals surface area contributed by atoms with Crippen LogP contribution >= 0.6 is 11.8 Å². The smallest absolute Gasteiger partial charge is 0.0613 e. The van der Waals surface area contributed by atoms with Crippen LogP contribution < -0.4 is 5.32 Å². The first kappa shape index (κ1) is 16.3. The van der Waals surface area contributed by atoms with Gasteiger partial charge in [0.2, 0.25) is 0 Å². The molecular formula is C18H25NOS. The Balaban J connectivity index is 1.87. The van der Waals surface area contributed by atoms with Crippen molar-refractivity contribution in [3.8, 4) is 0 Å². The van der Waals surface area contributed by atoms with Crippen LogP contribution in [0.4, 0.5) is 0 Å². The van der Waals surface area contributed by atoms with Crippen molar-refractivity contribution < 1.29 is 5.11 Å². The SMILES string of the molecule is CCC(CO)(CCCSc1ccc2ccccc2c1)NC. The van der Waals surface area contributed by atoms with Crippen molar-refractivity contribution in [2.45, 2.75) is 36.6 Å². The summed E-state index contributed by atoms with van der Waals surface area (Å²) < 4.78 is 0. The number of fused-ring (bicyclic) bond motifs is 1. The van der Waals surface area contributed by atoms with Crippen LogP contribution in [0.3, 0.4) is 0 Å². The third-order valence-corrected chi connectivity index (χ3v) is 5.38. The molecule has 2 nitrogen and oxygen atoms in total. The zero-order chi connectivity index (χ0) is 15.1. The number of thioether (sulfide) groups is 1. The molecule has 0 saturated carbocycles. The van der Waals surface area contributed by atoms with Gasteiger partial charge in [0.15, 0.2) is 0 Å². The second-order valence-electron chi connectivity index (χ2n) is 5.50. The van der Waals surface area contributed by atoms with Crippen LogP contribution in [0.15, 0.2) is 47.4 Å². The van der Waals surface area contributed by atoms with Gasteiger partial charge in [0.1, 0.15) is 0 Å². The molecule has 0 aromatic heterocycles. The van der Waals surface area contributed by atoms with Crippen molar-refractivity contribution in [2.75, 3.05) is 19.4 Å². The molecule has 114 valence electrons. The summed E-state index contributed by atoms with van der Waals surface area (Å²) in [6, 6.07) is 15.1. The van der Waals surface area contributed by atoms with Crippen molar-refractivity contribution in [3.05, 3.63) is 42.5 Å². The maximum absolute atomic E-state index is 9.54. The molecule has 0 bridgehead atoms. The van der Waals surface area contributed by atoms with Gasteiger partial charge >= 0.3 is 0 Å². The molecule has 0 amide bonds. The molecular weight excluding hydrogens is 278 g/mol. The Morgan fingerprint density at radius 3 is 2.57 bits per heavy atom. The summed E-state index contributed by atoms with van der Waals surface area (Å²) in [6.07, 6.45) is 3.07. The highest BCUT2D eigenvalue weighted by Gasteiger charge is 2.23. The third kappa shape index (κ3) is 4.22. The Bertz CT molecular complexity index is 558. The van der Waals surface area contributed by atoms with Crippen LogP contribution in [-0.2, 0) is 0 Å². The van der Waals surface area contributed by atoms with E-state index < -0.39 is 0 Å². The highest BCUT2D eigenvalue weighted by atomic mass is 32.2.